The van der Waals surface area contributed by atoms with Crippen LogP contribution in [0.4, 0.5) is 0 Å². The van der Waals surface area contributed by atoms with Gasteiger partial charge in [0.25, 0.3) is 0 Å². The van der Waals surface area contributed by atoms with Crippen LogP contribution in [0.25, 0.3) is 0 Å². The van der Waals surface area contributed by atoms with Crippen molar-refractivity contribution in [2.24, 2.45) is 11.8 Å². The first-order valence-electron chi connectivity index (χ1n) is 7.45. The van der Waals surface area contributed by atoms with Gasteiger partial charge in [-0.05, 0) is 37.3 Å². The van der Waals surface area contributed by atoms with Crippen molar-refractivity contribution in [3.63, 3.8) is 0 Å². The van der Waals surface area contributed by atoms with E-state index in [0.717, 1.165) is 32.0 Å². The van der Waals surface area contributed by atoms with Crippen LogP contribution in [0.3, 0.4) is 0 Å². The molecule has 2 nitrogen and oxygen atoms in total. The van der Waals surface area contributed by atoms with Crippen LogP contribution < -0.4 is 5.32 Å². The summed E-state index contributed by atoms with van der Waals surface area (Å²) in [6.45, 7) is 8.51. The van der Waals surface area contributed by atoms with Crippen molar-refractivity contribution >= 4 is 0 Å². The van der Waals surface area contributed by atoms with Crippen LogP contribution >= 0.6 is 0 Å². The Balaban J connectivity index is 2.32. The van der Waals surface area contributed by atoms with E-state index in [4.69, 9.17) is 4.74 Å². The zero-order chi connectivity index (χ0) is 14.1. The van der Waals surface area contributed by atoms with E-state index >= 15 is 0 Å². The minimum atomic E-state index is 0.412. The van der Waals surface area contributed by atoms with Crippen LogP contribution in [0.5, 0.6) is 0 Å². The molecule has 0 heterocycles. The van der Waals surface area contributed by atoms with Crippen LogP contribution in [0.2, 0.25) is 0 Å². The summed E-state index contributed by atoms with van der Waals surface area (Å²) >= 11 is 0. The van der Waals surface area contributed by atoms with Gasteiger partial charge in [0.1, 0.15) is 0 Å². The van der Waals surface area contributed by atoms with E-state index in [0.29, 0.717) is 12.0 Å². The maximum absolute atomic E-state index is 5.72. The highest BCUT2D eigenvalue weighted by Crippen LogP contribution is 2.23. The molecule has 19 heavy (non-hydrogen) atoms. The Bertz CT molecular complexity index is 323. The number of nitrogens with one attached hydrogen (secondary N) is 1. The Labute approximate surface area is 118 Å². The van der Waals surface area contributed by atoms with Crippen LogP contribution in [0.15, 0.2) is 30.3 Å². The van der Waals surface area contributed by atoms with Crippen LogP contribution in [-0.2, 0) is 4.74 Å². The third kappa shape index (κ3) is 6.22. The average molecular weight is 263 g/mol. The predicted molar refractivity (Wildman–Crippen MR) is 82.3 cm³/mol. The highest BCUT2D eigenvalue weighted by molar-refractivity contribution is 5.19. The molecule has 0 radical (unpaired) electrons. The molecule has 0 fully saturated rings. The monoisotopic (exact) mass is 263 g/mol. The normalized spacial score (nSPS) is 14.6. The van der Waals surface area contributed by atoms with Gasteiger partial charge in [0, 0.05) is 19.3 Å². The quantitative estimate of drug-likeness (QED) is 0.679. The van der Waals surface area contributed by atoms with Gasteiger partial charge in [-0.25, -0.2) is 0 Å². The molecule has 1 rings (SSSR count). The molecule has 0 amide bonds. The number of ether oxygens (including phenoxy) is 1. The number of hydrogen-bond donors (Lipinski definition) is 1. The third-order valence-corrected chi connectivity index (χ3v) is 3.60. The lowest BCUT2D eigenvalue weighted by molar-refractivity contribution is 0.108. The summed E-state index contributed by atoms with van der Waals surface area (Å²) in [4.78, 5) is 0. The van der Waals surface area contributed by atoms with Crippen molar-refractivity contribution in [1.82, 2.24) is 5.32 Å². The van der Waals surface area contributed by atoms with Crippen molar-refractivity contribution in [2.45, 2.75) is 39.7 Å². The van der Waals surface area contributed by atoms with Gasteiger partial charge in [0.15, 0.2) is 0 Å². The number of hydrogen-bond acceptors (Lipinski definition) is 2. The van der Waals surface area contributed by atoms with E-state index in [2.05, 4.69) is 56.4 Å². The van der Waals surface area contributed by atoms with Gasteiger partial charge in [-0.1, -0.05) is 51.1 Å². The SMILES string of the molecule is CNC(c1ccccc1)C(C)CCOCCC(C)C. The lowest BCUT2D eigenvalue weighted by atomic mass is 9.92. The van der Waals surface area contributed by atoms with E-state index in [1.54, 1.807) is 0 Å². The first-order chi connectivity index (χ1) is 9.15. The van der Waals surface area contributed by atoms with E-state index < -0.39 is 0 Å². The summed E-state index contributed by atoms with van der Waals surface area (Å²) in [5, 5.41) is 3.42. The predicted octanol–water partition coefficient (Wildman–Crippen LogP) is 4.04. The van der Waals surface area contributed by atoms with Crippen LogP contribution in [-0.4, -0.2) is 20.3 Å². The van der Waals surface area contributed by atoms with E-state index in [-0.39, 0.29) is 0 Å². The lowest BCUT2D eigenvalue weighted by Gasteiger charge is -2.24. The van der Waals surface area contributed by atoms with Crippen molar-refractivity contribution < 1.29 is 4.74 Å². The van der Waals surface area contributed by atoms with Crippen LogP contribution in [0, 0.1) is 11.8 Å². The highest BCUT2D eigenvalue weighted by Gasteiger charge is 2.16. The van der Waals surface area contributed by atoms with Gasteiger partial charge in [0.05, 0.1) is 0 Å². The second-order valence-corrected chi connectivity index (χ2v) is 5.74. The fourth-order valence-electron chi connectivity index (χ4n) is 2.30. The van der Waals surface area contributed by atoms with Gasteiger partial charge in [-0.3, -0.25) is 0 Å². The second kappa shape index (κ2) is 9.11. The molecule has 2 heteroatoms. The molecule has 1 aromatic rings. The van der Waals surface area contributed by atoms with Crippen molar-refractivity contribution in [2.75, 3.05) is 20.3 Å². The summed E-state index contributed by atoms with van der Waals surface area (Å²) in [7, 11) is 2.04. The van der Waals surface area contributed by atoms with Crippen molar-refractivity contribution in [1.29, 1.82) is 0 Å². The molecule has 0 aliphatic carbocycles. The second-order valence-electron chi connectivity index (χ2n) is 5.74. The third-order valence-electron chi connectivity index (χ3n) is 3.60. The molecule has 0 saturated heterocycles. The lowest BCUT2D eigenvalue weighted by Crippen LogP contribution is -2.24. The fraction of sp³-hybridized carbons (Fsp3) is 0.647. The summed E-state index contributed by atoms with van der Waals surface area (Å²) in [5.74, 6) is 1.30. The first-order valence-corrected chi connectivity index (χ1v) is 7.45. The zero-order valence-electron chi connectivity index (χ0n) is 12.9. The minimum Gasteiger partial charge on any atom is -0.381 e. The molecule has 0 aliphatic rings. The molecule has 1 N–H and O–H groups in total. The average Bonchev–Trinajstić information content (AvgIpc) is 2.40. The Morgan fingerprint density at radius 2 is 1.63 bits per heavy atom. The van der Waals surface area contributed by atoms with E-state index in [1.807, 2.05) is 7.05 Å². The van der Waals surface area contributed by atoms with Gasteiger partial charge in [-0.2, -0.15) is 0 Å². The Morgan fingerprint density at radius 1 is 1.00 bits per heavy atom. The van der Waals surface area contributed by atoms with Gasteiger partial charge in [-0.15, -0.1) is 0 Å². The molecule has 2 atom stereocenters. The van der Waals surface area contributed by atoms with Crippen molar-refractivity contribution in [3.05, 3.63) is 35.9 Å². The number of benzene rings is 1. The topological polar surface area (TPSA) is 21.3 Å². The van der Waals surface area contributed by atoms with Crippen molar-refractivity contribution in [3.8, 4) is 0 Å². The fourth-order valence-corrected chi connectivity index (χ4v) is 2.30. The Kier molecular flexibility index (Phi) is 7.76. The smallest absolute Gasteiger partial charge is 0.0469 e. The zero-order valence-corrected chi connectivity index (χ0v) is 12.9. The van der Waals surface area contributed by atoms with Gasteiger partial charge >= 0.3 is 0 Å². The van der Waals surface area contributed by atoms with Gasteiger partial charge in [0.2, 0.25) is 0 Å². The Hall–Kier alpha value is -0.860. The molecule has 0 spiro atoms. The molecule has 108 valence electrons. The van der Waals surface area contributed by atoms with Gasteiger partial charge < -0.3 is 10.1 Å². The standard InChI is InChI=1S/C17H29NO/c1-14(2)10-12-19-13-11-15(3)17(18-4)16-8-6-5-7-9-16/h5-9,14-15,17-18H,10-13H2,1-4H3. The minimum absolute atomic E-state index is 0.412. The molecule has 0 bridgehead atoms. The molecule has 0 aliphatic heterocycles. The largest absolute Gasteiger partial charge is 0.381 e. The summed E-state index contributed by atoms with van der Waals surface area (Å²) in [6, 6.07) is 11.1. The van der Waals surface area contributed by atoms with Crippen LogP contribution in [0.1, 0.15) is 45.2 Å². The maximum Gasteiger partial charge on any atom is 0.0469 e. The number of rotatable bonds is 9. The maximum atomic E-state index is 5.72. The molecule has 0 aromatic heterocycles. The molecular formula is C17H29NO. The molecule has 0 saturated carbocycles. The first kappa shape index (κ1) is 16.2. The van der Waals surface area contributed by atoms with E-state index in [9.17, 15) is 0 Å². The summed E-state index contributed by atoms with van der Waals surface area (Å²) in [5.41, 5.74) is 1.36. The Morgan fingerprint density at radius 3 is 2.21 bits per heavy atom. The van der Waals surface area contributed by atoms with E-state index in [1.165, 1.54) is 5.56 Å². The molecular weight excluding hydrogens is 234 g/mol. The molecule has 1 aromatic carbocycles. The summed E-state index contributed by atoms with van der Waals surface area (Å²) in [6.07, 6.45) is 2.25. The molecule has 2 unspecified atom stereocenters. The highest BCUT2D eigenvalue weighted by atomic mass is 16.5. The summed E-state index contributed by atoms with van der Waals surface area (Å²) < 4.78 is 5.72.